The van der Waals surface area contributed by atoms with Gasteiger partial charge in [0.2, 0.25) is 0 Å². The van der Waals surface area contributed by atoms with Gasteiger partial charge in [0.15, 0.2) is 0 Å². The molecular formula is C6H10O2S. The second kappa shape index (κ2) is 3.80. The van der Waals surface area contributed by atoms with Crippen molar-refractivity contribution < 1.29 is 9.84 Å². The number of aliphatic hydroxyl groups is 1. The standard InChI is InChI=1S/C6H10O2S/c7-2-3-8-6-1-4-9-5-6/h5,7H,1-4H2. The normalized spacial score (nSPS) is 17.7. The molecule has 1 aliphatic rings. The molecule has 2 nitrogen and oxygen atoms in total. The van der Waals surface area contributed by atoms with Crippen molar-refractivity contribution in [3.05, 3.63) is 11.2 Å². The van der Waals surface area contributed by atoms with E-state index < -0.39 is 0 Å². The second-order valence-corrected chi connectivity index (χ2v) is 2.75. The minimum Gasteiger partial charge on any atom is -0.495 e. The first-order valence-corrected chi connectivity index (χ1v) is 4.02. The van der Waals surface area contributed by atoms with Gasteiger partial charge in [0.1, 0.15) is 12.4 Å². The van der Waals surface area contributed by atoms with Crippen molar-refractivity contribution in [3.8, 4) is 0 Å². The molecule has 0 unspecified atom stereocenters. The molecule has 9 heavy (non-hydrogen) atoms. The fourth-order valence-corrected chi connectivity index (χ4v) is 1.46. The van der Waals surface area contributed by atoms with Gasteiger partial charge in [0.05, 0.1) is 6.61 Å². The molecule has 0 saturated carbocycles. The van der Waals surface area contributed by atoms with E-state index in [1.165, 1.54) is 0 Å². The van der Waals surface area contributed by atoms with Crippen LogP contribution in [0, 0.1) is 0 Å². The quantitative estimate of drug-likeness (QED) is 0.643. The molecule has 1 N–H and O–H groups in total. The summed E-state index contributed by atoms with van der Waals surface area (Å²) in [4.78, 5) is 0. The van der Waals surface area contributed by atoms with Crippen LogP contribution in [0.1, 0.15) is 6.42 Å². The molecule has 0 aromatic heterocycles. The van der Waals surface area contributed by atoms with Crippen LogP contribution in [0.3, 0.4) is 0 Å². The van der Waals surface area contributed by atoms with Crippen LogP contribution >= 0.6 is 11.8 Å². The molecule has 0 atom stereocenters. The number of aliphatic hydroxyl groups excluding tert-OH is 1. The largest absolute Gasteiger partial charge is 0.495 e. The highest BCUT2D eigenvalue weighted by Crippen LogP contribution is 2.21. The minimum atomic E-state index is 0.113. The second-order valence-electron chi connectivity index (χ2n) is 1.78. The first kappa shape index (κ1) is 6.96. The Hall–Kier alpha value is -0.150. The molecule has 1 aliphatic heterocycles. The maximum Gasteiger partial charge on any atom is 0.111 e. The average Bonchev–Trinajstić information content (AvgIpc) is 2.34. The number of rotatable bonds is 3. The van der Waals surface area contributed by atoms with Crippen molar-refractivity contribution in [1.82, 2.24) is 0 Å². The fraction of sp³-hybridized carbons (Fsp3) is 0.667. The molecule has 0 bridgehead atoms. The van der Waals surface area contributed by atoms with Crippen LogP contribution in [0.2, 0.25) is 0 Å². The van der Waals surface area contributed by atoms with E-state index in [0.717, 1.165) is 17.9 Å². The van der Waals surface area contributed by atoms with Gasteiger partial charge in [0, 0.05) is 17.6 Å². The maximum absolute atomic E-state index is 8.37. The van der Waals surface area contributed by atoms with Gasteiger partial charge in [-0.25, -0.2) is 0 Å². The van der Waals surface area contributed by atoms with E-state index >= 15 is 0 Å². The van der Waals surface area contributed by atoms with Gasteiger partial charge in [-0.3, -0.25) is 0 Å². The predicted molar refractivity (Wildman–Crippen MR) is 38.2 cm³/mol. The Labute approximate surface area is 58.9 Å². The molecule has 1 heterocycles. The zero-order valence-corrected chi connectivity index (χ0v) is 5.99. The highest BCUT2D eigenvalue weighted by molar-refractivity contribution is 8.02. The molecule has 0 radical (unpaired) electrons. The first-order chi connectivity index (χ1) is 4.43. The molecular weight excluding hydrogens is 136 g/mol. The summed E-state index contributed by atoms with van der Waals surface area (Å²) in [5.74, 6) is 2.15. The monoisotopic (exact) mass is 146 g/mol. The Balaban J connectivity index is 2.11. The third-order valence-electron chi connectivity index (χ3n) is 1.06. The van der Waals surface area contributed by atoms with Gasteiger partial charge < -0.3 is 9.84 Å². The third kappa shape index (κ3) is 2.28. The molecule has 0 aliphatic carbocycles. The van der Waals surface area contributed by atoms with Crippen LogP contribution < -0.4 is 0 Å². The maximum atomic E-state index is 8.37. The number of ether oxygens (including phenoxy) is 1. The van der Waals surface area contributed by atoms with Crippen LogP contribution in [-0.4, -0.2) is 24.1 Å². The Morgan fingerprint density at radius 3 is 3.22 bits per heavy atom. The van der Waals surface area contributed by atoms with Crippen LogP contribution in [-0.2, 0) is 4.74 Å². The Bertz CT molecular complexity index is 112. The molecule has 0 fully saturated rings. The van der Waals surface area contributed by atoms with E-state index in [1.54, 1.807) is 11.8 Å². The van der Waals surface area contributed by atoms with Crippen LogP contribution in [0.4, 0.5) is 0 Å². The Morgan fingerprint density at radius 1 is 1.78 bits per heavy atom. The molecule has 3 heteroatoms. The Kier molecular flexibility index (Phi) is 2.94. The van der Waals surface area contributed by atoms with Gasteiger partial charge in [-0.05, 0) is 0 Å². The zero-order valence-electron chi connectivity index (χ0n) is 5.17. The smallest absolute Gasteiger partial charge is 0.111 e. The lowest BCUT2D eigenvalue weighted by Gasteiger charge is -2.01. The number of hydrogen-bond acceptors (Lipinski definition) is 3. The van der Waals surface area contributed by atoms with Crippen molar-refractivity contribution in [2.45, 2.75) is 6.42 Å². The molecule has 52 valence electrons. The summed E-state index contributed by atoms with van der Waals surface area (Å²) in [5.41, 5.74) is 0. The highest BCUT2D eigenvalue weighted by Gasteiger charge is 2.04. The van der Waals surface area contributed by atoms with E-state index in [9.17, 15) is 0 Å². The number of hydrogen-bond donors (Lipinski definition) is 1. The fourth-order valence-electron chi connectivity index (χ4n) is 0.653. The Morgan fingerprint density at radius 2 is 2.67 bits per heavy atom. The summed E-state index contributed by atoms with van der Waals surface area (Å²) in [7, 11) is 0. The van der Waals surface area contributed by atoms with Crippen LogP contribution in [0.25, 0.3) is 0 Å². The van der Waals surface area contributed by atoms with Gasteiger partial charge >= 0.3 is 0 Å². The first-order valence-electron chi connectivity index (χ1n) is 2.98. The summed E-state index contributed by atoms with van der Waals surface area (Å²) < 4.78 is 5.14. The van der Waals surface area contributed by atoms with Gasteiger partial charge in [-0.15, -0.1) is 11.8 Å². The van der Waals surface area contributed by atoms with Gasteiger partial charge in [0.25, 0.3) is 0 Å². The average molecular weight is 146 g/mol. The lowest BCUT2D eigenvalue weighted by Crippen LogP contribution is -1.97. The van der Waals surface area contributed by atoms with E-state index in [2.05, 4.69) is 0 Å². The van der Waals surface area contributed by atoms with Crippen molar-refractivity contribution in [2.75, 3.05) is 19.0 Å². The van der Waals surface area contributed by atoms with E-state index in [1.807, 2.05) is 5.41 Å². The zero-order chi connectivity index (χ0) is 6.53. The van der Waals surface area contributed by atoms with Crippen molar-refractivity contribution in [1.29, 1.82) is 0 Å². The van der Waals surface area contributed by atoms with Crippen molar-refractivity contribution >= 4 is 11.8 Å². The third-order valence-corrected chi connectivity index (χ3v) is 1.93. The summed E-state index contributed by atoms with van der Waals surface area (Å²) in [5, 5.41) is 10.4. The van der Waals surface area contributed by atoms with Crippen molar-refractivity contribution in [3.63, 3.8) is 0 Å². The molecule has 0 spiro atoms. The van der Waals surface area contributed by atoms with E-state index in [-0.39, 0.29) is 6.61 Å². The minimum absolute atomic E-state index is 0.113. The lowest BCUT2D eigenvalue weighted by molar-refractivity contribution is 0.142. The summed E-state index contributed by atoms with van der Waals surface area (Å²) in [6.45, 7) is 0.550. The molecule has 0 aromatic carbocycles. The molecule has 0 aromatic rings. The van der Waals surface area contributed by atoms with Gasteiger partial charge in [-0.2, -0.15) is 0 Å². The van der Waals surface area contributed by atoms with Crippen LogP contribution in [0.5, 0.6) is 0 Å². The SMILES string of the molecule is OCCOC1=CSCC1. The van der Waals surface area contributed by atoms with E-state index in [4.69, 9.17) is 9.84 Å². The summed E-state index contributed by atoms with van der Waals surface area (Å²) in [6, 6.07) is 0. The molecule has 1 rings (SSSR count). The topological polar surface area (TPSA) is 29.5 Å². The summed E-state index contributed by atoms with van der Waals surface area (Å²) in [6.07, 6.45) is 1.02. The molecule has 0 saturated heterocycles. The highest BCUT2D eigenvalue weighted by atomic mass is 32.2. The van der Waals surface area contributed by atoms with Gasteiger partial charge in [-0.1, -0.05) is 0 Å². The predicted octanol–water partition coefficient (Wildman–Crippen LogP) is 0.974. The molecule has 0 amide bonds. The summed E-state index contributed by atoms with van der Waals surface area (Å²) >= 11 is 1.76. The van der Waals surface area contributed by atoms with Crippen molar-refractivity contribution in [2.24, 2.45) is 0 Å². The van der Waals surface area contributed by atoms with Crippen LogP contribution in [0.15, 0.2) is 11.2 Å². The lowest BCUT2D eigenvalue weighted by atomic mass is 10.4. The van der Waals surface area contributed by atoms with E-state index in [0.29, 0.717) is 6.61 Å². The number of allylic oxidation sites excluding steroid dienone is 1. The number of thioether (sulfide) groups is 1.